The van der Waals surface area contributed by atoms with E-state index in [-0.39, 0.29) is 0 Å². The monoisotopic (exact) mass is 497 g/mol. The van der Waals surface area contributed by atoms with Crippen LogP contribution < -0.4 is 10.1 Å². The number of nitrogens with one attached hydrogen (secondary N) is 1. The number of anilines is 1. The van der Waals surface area contributed by atoms with Crippen LogP contribution in [0.1, 0.15) is 18.9 Å². The SMILES string of the molecule is CCNc1nc(SCCCc2ccccc2)nc2c1nc(Br)n2-c1ccc(OC)cc1. The van der Waals surface area contributed by atoms with E-state index >= 15 is 0 Å². The van der Waals surface area contributed by atoms with E-state index < -0.39 is 0 Å². The van der Waals surface area contributed by atoms with Gasteiger partial charge >= 0.3 is 0 Å². The quantitative estimate of drug-likeness (QED) is 0.137. The molecule has 0 radical (unpaired) electrons. The fraction of sp³-hybridized carbons (Fsp3) is 0.261. The summed E-state index contributed by atoms with van der Waals surface area (Å²) in [6.07, 6.45) is 2.11. The van der Waals surface area contributed by atoms with Crippen LogP contribution in [-0.4, -0.2) is 38.9 Å². The molecular formula is C23H24BrN5OS. The lowest BCUT2D eigenvalue weighted by molar-refractivity contribution is 0.414. The van der Waals surface area contributed by atoms with Crippen molar-refractivity contribution in [2.24, 2.45) is 0 Å². The van der Waals surface area contributed by atoms with Crippen LogP contribution in [0.15, 0.2) is 64.5 Å². The average Bonchev–Trinajstić information content (AvgIpc) is 3.14. The summed E-state index contributed by atoms with van der Waals surface area (Å²) in [5.74, 6) is 2.51. The molecule has 2 heterocycles. The third kappa shape index (κ3) is 5.02. The lowest BCUT2D eigenvalue weighted by Crippen LogP contribution is -2.04. The summed E-state index contributed by atoms with van der Waals surface area (Å²) in [5, 5.41) is 4.09. The average molecular weight is 498 g/mol. The number of fused-ring (bicyclic) bond motifs is 1. The summed E-state index contributed by atoms with van der Waals surface area (Å²) < 4.78 is 7.96. The van der Waals surface area contributed by atoms with Crippen LogP contribution in [0.25, 0.3) is 16.9 Å². The lowest BCUT2D eigenvalue weighted by atomic mass is 10.1. The summed E-state index contributed by atoms with van der Waals surface area (Å²) in [5.41, 5.74) is 3.83. The Morgan fingerprint density at radius 1 is 1.03 bits per heavy atom. The first kappa shape index (κ1) is 21.6. The summed E-state index contributed by atoms with van der Waals surface area (Å²) in [6.45, 7) is 2.81. The first-order chi connectivity index (χ1) is 15.2. The summed E-state index contributed by atoms with van der Waals surface area (Å²) in [4.78, 5) is 14.3. The molecule has 0 unspecified atom stereocenters. The molecule has 2 aromatic heterocycles. The Kier molecular flexibility index (Phi) is 7.09. The minimum absolute atomic E-state index is 0.687. The number of hydrogen-bond acceptors (Lipinski definition) is 6. The van der Waals surface area contributed by atoms with Gasteiger partial charge in [0.2, 0.25) is 0 Å². The third-order valence-corrected chi connectivity index (χ3v) is 6.27. The Morgan fingerprint density at radius 3 is 2.52 bits per heavy atom. The number of ether oxygens (including phenoxy) is 1. The Labute approximate surface area is 194 Å². The highest BCUT2D eigenvalue weighted by Crippen LogP contribution is 2.30. The normalized spacial score (nSPS) is 11.1. The molecule has 2 aromatic carbocycles. The highest BCUT2D eigenvalue weighted by atomic mass is 79.9. The van der Waals surface area contributed by atoms with Crippen LogP contribution >= 0.6 is 27.7 Å². The predicted molar refractivity (Wildman–Crippen MR) is 131 cm³/mol. The van der Waals surface area contributed by atoms with Gasteiger partial charge in [-0.1, -0.05) is 42.1 Å². The largest absolute Gasteiger partial charge is 0.497 e. The topological polar surface area (TPSA) is 64.9 Å². The first-order valence-electron chi connectivity index (χ1n) is 10.2. The molecule has 0 aliphatic rings. The molecule has 0 spiro atoms. The Balaban J connectivity index is 1.61. The molecular weight excluding hydrogens is 474 g/mol. The summed E-state index contributed by atoms with van der Waals surface area (Å²) in [6, 6.07) is 18.4. The molecule has 4 rings (SSSR count). The van der Waals surface area contributed by atoms with E-state index in [4.69, 9.17) is 14.7 Å². The lowest BCUT2D eigenvalue weighted by Gasteiger charge is -2.09. The fourth-order valence-electron chi connectivity index (χ4n) is 3.31. The third-order valence-electron chi connectivity index (χ3n) is 4.80. The van der Waals surface area contributed by atoms with Gasteiger partial charge in [-0.3, -0.25) is 4.57 Å². The second-order valence-electron chi connectivity index (χ2n) is 6.91. The predicted octanol–water partition coefficient (Wildman–Crippen LogP) is 5.74. The van der Waals surface area contributed by atoms with Crippen molar-refractivity contribution in [1.82, 2.24) is 19.5 Å². The molecule has 0 aliphatic heterocycles. The van der Waals surface area contributed by atoms with Crippen molar-refractivity contribution in [2.75, 3.05) is 24.7 Å². The van der Waals surface area contributed by atoms with Crippen LogP contribution in [0, 0.1) is 0 Å². The van der Waals surface area contributed by atoms with Gasteiger partial charge in [0.15, 0.2) is 26.9 Å². The molecule has 0 saturated carbocycles. The van der Waals surface area contributed by atoms with Crippen LogP contribution in [0.2, 0.25) is 0 Å². The highest BCUT2D eigenvalue weighted by molar-refractivity contribution is 9.10. The molecule has 8 heteroatoms. The number of aromatic nitrogens is 4. The van der Waals surface area contributed by atoms with Crippen molar-refractivity contribution < 1.29 is 4.74 Å². The van der Waals surface area contributed by atoms with Crippen molar-refractivity contribution in [2.45, 2.75) is 24.9 Å². The van der Waals surface area contributed by atoms with Gasteiger partial charge in [-0.2, -0.15) is 0 Å². The first-order valence-corrected chi connectivity index (χ1v) is 12.0. The smallest absolute Gasteiger partial charge is 0.191 e. The Bertz CT molecular complexity index is 1150. The molecule has 0 saturated heterocycles. The van der Waals surface area contributed by atoms with Crippen molar-refractivity contribution >= 4 is 44.7 Å². The van der Waals surface area contributed by atoms with Crippen LogP contribution in [-0.2, 0) is 6.42 Å². The number of imidazole rings is 1. The number of rotatable bonds is 9. The maximum Gasteiger partial charge on any atom is 0.191 e. The zero-order chi connectivity index (χ0) is 21.6. The van der Waals surface area contributed by atoms with Gasteiger partial charge < -0.3 is 10.1 Å². The summed E-state index contributed by atoms with van der Waals surface area (Å²) >= 11 is 5.27. The van der Waals surface area contributed by atoms with Gasteiger partial charge in [0.05, 0.1) is 7.11 Å². The number of hydrogen-bond donors (Lipinski definition) is 1. The molecule has 0 bridgehead atoms. The van der Waals surface area contributed by atoms with Crippen molar-refractivity contribution in [3.63, 3.8) is 0 Å². The van der Waals surface area contributed by atoms with E-state index in [9.17, 15) is 0 Å². The maximum absolute atomic E-state index is 5.29. The maximum atomic E-state index is 5.29. The molecule has 31 heavy (non-hydrogen) atoms. The minimum Gasteiger partial charge on any atom is -0.497 e. The van der Waals surface area contributed by atoms with E-state index in [1.165, 1.54) is 5.56 Å². The molecule has 6 nitrogen and oxygen atoms in total. The van der Waals surface area contributed by atoms with Crippen LogP contribution in [0.3, 0.4) is 0 Å². The molecule has 1 N–H and O–H groups in total. The van der Waals surface area contributed by atoms with E-state index in [1.54, 1.807) is 18.9 Å². The number of benzene rings is 2. The number of aryl methyl sites for hydroxylation is 1. The van der Waals surface area contributed by atoms with Crippen molar-refractivity contribution in [3.8, 4) is 11.4 Å². The van der Waals surface area contributed by atoms with Crippen molar-refractivity contribution in [3.05, 3.63) is 64.9 Å². The Morgan fingerprint density at radius 2 is 1.81 bits per heavy atom. The van der Waals surface area contributed by atoms with E-state index in [2.05, 4.69) is 57.4 Å². The number of nitrogens with zero attached hydrogens (tertiary/aromatic N) is 4. The molecule has 160 valence electrons. The van der Waals surface area contributed by atoms with Gasteiger partial charge in [0.25, 0.3) is 0 Å². The van der Waals surface area contributed by atoms with E-state index in [0.717, 1.165) is 58.7 Å². The number of halogens is 1. The van der Waals surface area contributed by atoms with E-state index in [0.29, 0.717) is 4.73 Å². The number of thioether (sulfide) groups is 1. The van der Waals surface area contributed by atoms with Crippen LogP contribution in [0.5, 0.6) is 5.75 Å². The minimum atomic E-state index is 0.687. The van der Waals surface area contributed by atoms with E-state index in [1.807, 2.05) is 34.9 Å². The van der Waals surface area contributed by atoms with Gasteiger partial charge in [0.1, 0.15) is 5.75 Å². The fourth-order valence-corrected chi connectivity index (χ4v) is 4.64. The summed E-state index contributed by atoms with van der Waals surface area (Å²) in [7, 11) is 1.66. The highest BCUT2D eigenvalue weighted by Gasteiger charge is 2.18. The molecule has 0 aliphatic carbocycles. The number of methoxy groups -OCH3 is 1. The zero-order valence-corrected chi connectivity index (χ0v) is 19.9. The molecule has 0 amide bonds. The van der Waals surface area contributed by atoms with Crippen molar-refractivity contribution in [1.29, 1.82) is 0 Å². The second-order valence-corrected chi connectivity index (χ2v) is 8.68. The van der Waals surface area contributed by atoms with Gasteiger partial charge in [-0.25, -0.2) is 15.0 Å². The van der Waals surface area contributed by atoms with Gasteiger partial charge in [-0.15, -0.1) is 0 Å². The van der Waals surface area contributed by atoms with Crippen LogP contribution in [0.4, 0.5) is 5.82 Å². The van der Waals surface area contributed by atoms with Gasteiger partial charge in [-0.05, 0) is 65.5 Å². The zero-order valence-electron chi connectivity index (χ0n) is 17.5. The second kappa shape index (κ2) is 10.2. The molecule has 0 atom stereocenters. The van der Waals surface area contributed by atoms with Gasteiger partial charge in [0, 0.05) is 18.0 Å². The molecule has 4 aromatic rings. The Hall–Kier alpha value is -2.58. The molecule has 0 fully saturated rings. The standard InChI is InChI=1S/C23H24BrN5OS/c1-3-25-20-19-21(29(22(24)26-19)17-11-13-18(30-2)14-12-17)28-23(27-20)31-15-7-10-16-8-5-4-6-9-16/h4-6,8-9,11-14H,3,7,10,15H2,1-2H3,(H,25,27,28).